The number of ether oxygens (including phenoxy) is 1. The Labute approximate surface area is 179 Å². The van der Waals surface area contributed by atoms with Gasteiger partial charge < -0.3 is 4.74 Å². The van der Waals surface area contributed by atoms with Crippen LogP contribution in [0.4, 0.5) is 26.3 Å². The first-order valence-corrected chi connectivity index (χ1v) is 10.2. The van der Waals surface area contributed by atoms with Gasteiger partial charge in [-0.2, -0.15) is 26.3 Å². The van der Waals surface area contributed by atoms with Crippen molar-refractivity contribution in [2.24, 2.45) is 0 Å². The summed E-state index contributed by atoms with van der Waals surface area (Å²) in [5.74, 6) is 4.71. The predicted octanol–water partition coefficient (Wildman–Crippen LogP) is 4.86. The van der Waals surface area contributed by atoms with Crippen molar-refractivity contribution in [1.82, 2.24) is 4.90 Å². The minimum Gasteiger partial charge on any atom is -0.449 e. The van der Waals surface area contributed by atoms with E-state index >= 15 is 0 Å². The second-order valence-corrected chi connectivity index (χ2v) is 8.51. The van der Waals surface area contributed by atoms with Crippen molar-refractivity contribution in [3.63, 3.8) is 0 Å². The van der Waals surface area contributed by atoms with Crippen molar-refractivity contribution in [3.8, 4) is 11.8 Å². The molecule has 3 nitrogen and oxygen atoms in total. The third-order valence-corrected chi connectivity index (χ3v) is 6.60. The molecule has 4 aliphatic rings. The van der Waals surface area contributed by atoms with Gasteiger partial charge in [-0.05, 0) is 37.6 Å². The van der Waals surface area contributed by atoms with E-state index in [9.17, 15) is 31.1 Å². The molecule has 0 radical (unpaired) electrons. The molecule has 0 N–H and O–H groups in total. The Hall–Kier alpha value is -2.73. The molecule has 2 saturated heterocycles. The molecule has 0 saturated carbocycles. The van der Waals surface area contributed by atoms with Gasteiger partial charge in [0.1, 0.15) is 0 Å². The first kappa shape index (κ1) is 21.1. The third kappa shape index (κ3) is 3.32. The highest BCUT2D eigenvalue weighted by atomic mass is 19.4. The number of carbonyl (C=O) groups is 1. The van der Waals surface area contributed by atoms with Crippen molar-refractivity contribution >= 4 is 5.97 Å². The highest BCUT2D eigenvalue weighted by Gasteiger charge is 2.61. The molecule has 168 valence electrons. The lowest BCUT2D eigenvalue weighted by molar-refractivity contribution is -0.148. The Morgan fingerprint density at radius 1 is 1.00 bits per heavy atom. The third-order valence-electron chi connectivity index (χ3n) is 6.60. The SMILES string of the molecule is O=C1C=C2C(C#Cc3cc(C(F)(F)F)cc(C(F)(F)F)c3)=C[C@@H]3C[C@@]2(O1)[C@H]1CCCCN31. The fourth-order valence-electron chi connectivity index (χ4n) is 5.34. The standard InChI is InChI=1S/C23H17F6NO2/c24-22(25,26)15-7-13(8-16(10-15)23(27,28)29)4-5-14-9-17-12-21(18(14)11-20(31)32-21)19-3-1-2-6-30(17)19/h7-11,17,19H,1-3,6,12H2/t17-,19-,21+/m1/s1. The molecule has 1 spiro atoms. The summed E-state index contributed by atoms with van der Waals surface area (Å²) in [4.78, 5) is 14.4. The lowest BCUT2D eigenvalue weighted by atomic mass is 9.77. The topological polar surface area (TPSA) is 29.5 Å². The van der Waals surface area contributed by atoms with E-state index in [-0.39, 0.29) is 18.2 Å². The summed E-state index contributed by atoms with van der Waals surface area (Å²) in [6.07, 6.45) is -3.25. The number of hydrogen-bond acceptors (Lipinski definition) is 3. The van der Waals surface area contributed by atoms with Gasteiger partial charge in [0.2, 0.25) is 0 Å². The van der Waals surface area contributed by atoms with Gasteiger partial charge in [0.05, 0.1) is 17.2 Å². The van der Waals surface area contributed by atoms with Crippen LogP contribution in [0.5, 0.6) is 0 Å². The number of alkyl halides is 6. The molecule has 32 heavy (non-hydrogen) atoms. The molecule has 3 atom stereocenters. The summed E-state index contributed by atoms with van der Waals surface area (Å²) in [7, 11) is 0. The number of halogens is 6. The van der Waals surface area contributed by atoms with Crippen LogP contribution < -0.4 is 0 Å². The lowest BCUT2D eigenvalue weighted by Gasteiger charge is -2.38. The number of hydrogen-bond donors (Lipinski definition) is 0. The number of carbonyl (C=O) groups excluding carboxylic acids is 1. The number of fused-ring (bicyclic) bond motifs is 3. The van der Waals surface area contributed by atoms with E-state index in [1.54, 1.807) is 0 Å². The zero-order valence-electron chi connectivity index (χ0n) is 16.6. The van der Waals surface area contributed by atoms with Crippen LogP contribution in [-0.2, 0) is 21.9 Å². The second kappa shape index (κ2) is 6.88. The zero-order chi connectivity index (χ0) is 22.9. The molecule has 5 rings (SSSR count). The van der Waals surface area contributed by atoms with E-state index in [2.05, 4.69) is 16.7 Å². The minimum atomic E-state index is -4.94. The molecule has 1 aromatic carbocycles. The van der Waals surface area contributed by atoms with E-state index < -0.39 is 40.6 Å². The van der Waals surface area contributed by atoms with Crippen LogP contribution in [0.1, 0.15) is 42.4 Å². The Balaban J connectivity index is 1.57. The van der Waals surface area contributed by atoms with Crippen molar-refractivity contribution in [1.29, 1.82) is 0 Å². The summed E-state index contributed by atoms with van der Waals surface area (Å²) in [6, 6.07) is 1.23. The molecule has 2 bridgehead atoms. The van der Waals surface area contributed by atoms with Crippen LogP contribution >= 0.6 is 0 Å². The minimum absolute atomic E-state index is 0.000102. The van der Waals surface area contributed by atoms with Crippen LogP contribution in [0.15, 0.2) is 41.5 Å². The molecule has 0 amide bonds. The average molecular weight is 453 g/mol. The number of benzene rings is 1. The maximum absolute atomic E-state index is 13.1. The van der Waals surface area contributed by atoms with Gasteiger partial charge >= 0.3 is 18.3 Å². The summed E-state index contributed by atoms with van der Waals surface area (Å²) >= 11 is 0. The van der Waals surface area contributed by atoms with Gasteiger partial charge in [0.15, 0.2) is 5.60 Å². The monoisotopic (exact) mass is 453 g/mol. The zero-order valence-corrected chi connectivity index (χ0v) is 16.6. The molecule has 1 aliphatic carbocycles. The van der Waals surface area contributed by atoms with Gasteiger partial charge in [-0.1, -0.05) is 24.3 Å². The molecule has 0 aromatic heterocycles. The van der Waals surface area contributed by atoms with Gasteiger partial charge in [-0.3, -0.25) is 4.90 Å². The van der Waals surface area contributed by atoms with E-state index in [0.717, 1.165) is 25.8 Å². The Morgan fingerprint density at radius 3 is 2.34 bits per heavy atom. The highest BCUT2D eigenvalue weighted by molar-refractivity contribution is 5.90. The molecule has 0 unspecified atom stereocenters. The Bertz CT molecular complexity index is 1090. The Morgan fingerprint density at radius 2 is 1.69 bits per heavy atom. The van der Waals surface area contributed by atoms with Gasteiger partial charge in [-0.15, -0.1) is 0 Å². The number of nitrogens with zero attached hydrogens (tertiary/aromatic N) is 1. The quantitative estimate of drug-likeness (QED) is 0.319. The van der Waals surface area contributed by atoms with Gasteiger partial charge in [0, 0.05) is 35.2 Å². The number of rotatable bonds is 0. The Kier molecular flexibility index (Phi) is 4.55. The fourth-order valence-corrected chi connectivity index (χ4v) is 5.34. The molecule has 2 fully saturated rings. The molecule has 3 aliphatic heterocycles. The van der Waals surface area contributed by atoms with Crippen molar-refractivity contribution in [2.45, 2.75) is 55.7 Å². The number of esters is 1. The molecular weight excluding hydrogens is 436 g/mol. The largest absolute Gasteiger partial charge is 0.449 e. The fraction of sp³-hybridized carbons (Fsp3) is 0.435. The summed E-state index contributed by atoms with van der Waals surface area (Å²) in [5, 5.41) is 0. The van der Waals surface area contributed by atoms with Gasteiger partial charge in [0.25, 0.3) is 0 Å². The summed E-state index contributed by atoms with van der Waals surface area (Å²) in [6.45, 7) is 0.835. The lowest BCUT2D eigenvalue weighted by Crippen LogP contribution is -2.48. The van der Waals surface area contributed by atoms with Crippen molar-refractivity contribution in [3.05, 3.63) is 58.2 Å². The molecule has 1 aromatic rings. The molecule has 9 heteroatoms. The van der Waals surface area contributed by atoms with Crippen LogP contribution in [-0.4, -0.2) is 35.1 Å². The maximum Gasteiger partial charge on any atom is 0.416 e. The molecular formula is C23H17F6NO2. The number of piperidine rings is 1. The first-order valence-electron chi connectivity index (χ1n) is 10.2. The van der Waals surface area contributed by atoms with E-state index in [0.29, 0.717) is 29.7 Å². The van der Waals surface area contributed by atoms with E-state index in [1.165, 1.54) is 6.08 Å². The molecule has 3 heterocycles. The summed E-state index contributed by atoms with van der Waals surface area (Å²) in [5.41, 5.74) is -3.07. The summed E-state index contributed by atoms with van der Waals surface area (Å²) < 4.78 is 84.6. The van der Waals surface area contributed by atoms with Crippen LogP contribution in [0.25, 0.3) is 0 Å². The highest BCUT2D eigenvalue weighted by Crippen LogP contribution is 2.53. The van der Waals surface area contributed by atoms with Crippen LogP contribution in [0.3, 0.4) is 0 Å². The van der Waals surface area contributed by atoms with E-state index in [1.807, 2.05) is 6.08 Å². The normalized spacial score (nSPS) is 29.4. The first-order chi connectivity index (χ1) is 15.0. The smallest absolute Gasteiger partial charge is 0.416 e. The maximum atomic E-state index is 13.1. The predicted molar refractivity (Wildman–Crippen MR) is 101 cm³/mol. The second-order valence-electron chi connectivity index (χ2n) is 8.51. The van der Waals surface area contributed by atoms with Crippen LogP contribution in [0, 0.1) is 11.8 Å². The van der Waals surface area contributed by atoms with Crippen molar-refractivity contribution in [2.75, 3.05) is 6.54 Å². The average Bonchev–Trinajstić information content (AvgIpc) is 3.19. The van der Waals surface area contributed by atoms with Crippen LogP contribution in [0.2, 0.25) is 0 Å². The van der Waals surface area contributed by atoms with Crippen molar-refractivity contribution < 1.29 is 35.9 Å². The van der Waals surface area contributed by atoms with Gasteiger partial charge in [-0.25, -0.2) is 4.79 Å². The van der Waals surface area contributed by atoms with E-state index in [4.69, 9.17) is 4.74 Å².